The van der Waals surface area contributed by atoms with Gasteiger partial charge < -0.3 is 13.9 Å². The van der Waals surface area contributed by atoms with Crippen molar-refractivity contribution in [2.24, 2.45) is 0 Å². The molecule has 0 fully saturated rings. The number of hydrogen-bond donors (Lipinski definition) is 0. The van der Waals surface area contributed by atoms with Crippen LogP contribution in [-0.2, 0) is 29.5 Å². The van der Waals surface area contributed by atoms with E-state index in [2.05, 4.69) is 16.8 Å². The first-order valence-electron chi connectivity index (χ1n) is 11.5. The molecule has 0 radical (unpaired) electrons. The topological polar surface area (TPSA) is 94.8 Å². The maximum atomic E-state index is 14.0. The van der Waals surface area contributed by atoms with Crippen LogP contribution in [0.15, 0.2) is 65.6 Å². The summed E-state index contributed by atoms with van der Waals surface area (Å²) < 4.78 is 45.5. The van der Waals surface area contributed by atoms with Gasteiger partial charge in [0.25, 0.3) is 0 Å². The lowest BCUT2D eigenvalue weighted by Gasteiger charge is -2.28. The molecule has 0 saturated carbocycles. The van der Waals surface area contributed by atoms with Crippen molar-refractivity contribution in [1.29, 1.82) is 0 Å². The van der Waals surface area contributed by atoms with Crippen LogP contribution >= 0.6 is 0 Å². The molecule has 0 aliphatic heterocycles. The highest BCUT2D eigenvalue weighted by Gasteiger charge is 2.32. The van der Waals surface area contributed by atoms with Crippen LogP contribution in [0.3, 0.4) is 0 Å². The Bertz CT molecular complexity index is 1120. The van der Waals surface area contributed by atoms with E-state index in [1.807, 2.05) is 48.5 Å². The van der Waals surface area contributed by atoms with Gasteiger partial charge >= 0.3 is 0 Å². The molecule has 0 aliphatic carbocycles. The normalized spacial score (nSPS) is 12.5. The summed E-state index contributed by atoms with van der Waals surface area (Å²) in [6.45, 7) is 5.97. The zero-order chi connectivity index (χ0) is 25.3. The van der Waals surface area contributed by atoms with Gasteiger partial charge in [-0.15, -0.1) is 16.8 Å². The third kappa shape index (κ3) is 7.40. The van der Waals surface area contributed by atoms with Crippen LogP contribution < -0.4 is 9.47 Å². The molecule has 3 aromatic rings. The Morgan fingerprint density at radius 3 is 1.91 bits per heavy atom. The van der Waals surface area contributed by atoms with Gasteiger partial charge in [0.15, 0.2) is 0 Å². The third-order valence-electron chi connectivity index (χ3n) is 5.76. The van der Waals surface area contributed by atoms with Gasteiger partial charge in [0.05, 0.1) is 19.5 Å². The largest absolute Gasteiger partial charge is 0.497 e. The quantitative estimate of drug-likeness (QED) is 0.297. The SMILES string of the molecule is C=CCCC(CCc1nnc(C)o1)S(=O)(=O)N(Cc1ccc(OC)cc1)Cc1ccc(OC)cc1. The second kappa shape index (κ2) is 12.5. The summed E-state index contributed by atoms with van der Waals surface area (Å²) in [5.74, 6) is 2.35. The summed E-state index contributed by atoms with van der Waals surface area (Å²) in [5, 5.41) is 7.25. The van der Waals surface area contributed by atoms with Crippen LogP contribution in [0, 0.1) is 6.92 Å². The fourth-order valence-electron chi connectivity index (χ4n) is 3.78. The average Bonchev–Trinajstić information content (AvgIpc) is 3.29. The maximum absolute atomic E-state index is 14.0. The molecule has 1 aromatic heterocycles. The molecule has 0 aliphatic rings. The van der Waals surface area contributed by atoms with E-state index in [1.165, 1.54) is 0 Å². The van der Waals surface area contributed by atoms with Gasteiger partial charge in [0.2, 0.25) is 21.8 Å². The average molecular weight is 500 g/mol. The minimum Gasteiger partial charge on any atom is -0.497 e. The molecular formula is C26H33N3O5S. The Hall–Kier alpha value is -3.17. The zero-order valence-corrected chi connectivity index (χ0v) is 21.3. The van der Waals surface area contributed by atoms with Gasteiger partial charge in [-0.05, 0) is 54.7 Å². The lowest BCUT2D eigenvalue weighted by molar-refractivity contribution is 0.384. The third-order valence-corrected chi connectivity index (χ3v) is 8.05. The van der Waals surface area contributed by atoms with Gasteiger partial charge in [0.1, 0.15) is 11.5 Å². The Labute approximate surface area is 207 Å². The first-order chi connectivity index (χ1) is 16.8. The van der Waals surface area contributed by atoms with Crippen LogP contribution in [0.25, 0.3) is 0 Å². The van der Waals surface area contributed by atoms with E-state index >= 15 is 0 Å². The molecule has 188 valence electrons. The molecule has 0 bridgehead atoms. The first-order valence-corrected chi connectivity index (χ1v) is 13.0. The smallest absolute Gasteiger partial charge is 0.217 e. The number of ether oxygens (including phenoxy) is 2. The van der Waals surface area contributed by atoms with Crippen LogP contribution in [0.1, 0.15) is 42.2 Å². The first kappa shape index (κ1) is 26.4. The molecular weight excluding hydrogens is 466 g/mol. The van der Waals surface area contributed by atoms with Crippen molar-refractivity contribution in [1.82, 2.24) is 14.5 Å². The Morgan fingerprint density at radius 2 is 1.49 bits per heavy atom. The fraction of sp³-hybridized carbons (Fsp3) is 0.385. The molecule has 0 amide bonds. The number of nitrogens with zero attached hydrogens (tertiary/aromatic N) is 3. The zero-order valence-electron chi connectivity index (χ0n) is 20.5. The van der Waals surface area contributed by atoms with E-state index in [9.17, 15) is 8.42 Å². The number of rotatable bonds is 14. The number of aromatic nitrogens is 2. The molecule has 35 heavy (non-hydrogen) atoms. The fourth-order valence-corrected chi connectivity index (χ4v) is 5.71. The van der Waals surface area contributed by atoms with Gasteiger partial charge in [-0.25, -0.2) is 8.42 Å². The Balaban J connectivity index is 1.89. The molecule has 1 unspecified atom stereocenters. The second-order valence-electron chi connectivity index (χ2n) is 8.25. The second-order valence-corrected chi connectivity index (χ2v) is 10.5. The number of allylic oxidation sites excluding steroid dienone is 1. The molecule has 8 nitrogen and oxygen atoms in total. The molecule has 2 aromatic carbocycles. The summed E-state index contributed by atoms with van der Waals surface area (Å²) in [6.07, 6.45) is 3.56. The molecule has 0 N–H and O–H groups in total. The molecule has 1 heterocycles. The van der Waals surface area contributed by atoms with E-state index in [0.717, 1.165) is 22.6 Å². The lowest BCUT2D eigenvalue weighted by atomic mass is 10.1. The molecule has 9 heteroatoms. The van der Waals surface area contributed by atoms with E-state index < -0.39 is 15.3 Å². The van der Waals surface area contributed by atoms with E-state index in [4.69, 9.17) is 13.9 Å². The van der Waals surface area contributed by atoms with Crippen LogP contribution in [0.4, 0.5) is 0 Å². The highest BCUT2D eigenvalue weighted by molar-refractivity contribution is 7.89. The van der Waals surface area contributed by atoms with Gasteiger partial charge in [-0.1, -0.05) is 30.3 Å². The number of benzene rings is 2. The Kier molecular flexibility index (Phi) is 9.45. The van der Waals surface area contributed by atoms with Crippen molar-refractivity contribution >= 4 is 10.0 Å². The van der Waals surface area contributed by atoms with E-state index in [0.29, 0.717) is 37.5 Å². The van der Waals surface area contributed by atoms with Crippen LogP contribution in [0.2, 0.25) is 0 Å². The van der Waals surface area contributed by atoms with Crippen molar-refractivity contribution in [3.8, 4) is 11.5 Å². The number of hydrogen-bond acceptors (Lipinski definition) is 7. The lowest BCUT2D eigenvalue weighted by Crippen LogP contribution is -2.38. The summed E-state index contributed by atoms with van der Waals surface area (Å²) >= 11 is 0. The van der Waals surface area contributed by atoms with Crippen molar-refractivity contribution in [2.75, 3.05) is 14.2 Å². The van der Waals surface area contributed by atoms with Crippen molar-refractivity contribution in [3.05, 3.63) is 84.1 Å². The standard InChI is InChI=1S/C26H33N3O5S/c1-5-6-7-25(16-17-26-28-27-20(2)34-26)35(30,31)29(18-21-8-12-23(32-3)13-9-21)19-22-10-14-24(33-4)15-11-22/h5,8-15,25H,1,6-7,16-19H2,2-4H3. The van der Waals surface area contributed by atoms with E-state index in [-0.39, 0.29) is 13.1 Å². The molecule has 0 saturated heterocycles. The number of methoxy groups -OCH3 is 2. The summed E-state index contributed by atoms with van der Waals surface area (Å²) in [7, 11) is -0.490. The predicted octanol–water partition coefficient (Wildman–Crippen LogP) is 4.69. The highest BCUT2D eigenvalue weighted by Crippen LogP contribution is 2.25. The van der Waals surface area contributed by atoms with Crippen molar-refractivity contribution < 1.29 is 22.3 Å². The molecule has 0 spiro atoms. The van der Waals surface area contributed by atoms with Crippen LogP contribution in [0.5, 0.6) is 11.5 Å². The molecule has 3 rings (SSSR count). The minimum atomic E-state index is -3.69. The summed E-state index contributed by atoms with van der Waals surface area (Å²) in [4.78, 5) is 0. The van der Waals surface area contributed by atoms with Crippen molar-refractivity contribution in [2.45, 2.75) is 50.9 Å². The number of sulfonamides is 1. The Morgan fingerprint density at radius 1 is 0.943 bits per heavy atom. The maximum Gasteiger partial charge on any atom is 0.217 e. The minimum absolute atomic E-state index is 0.239. The predicted molar refractivity (Wildman–Crippen MR) is 135 cm³/mol. The van der Waals surface area contributed by atoms with E-state index in [1.54, 1.807) is 31.5 Å². The van der Waals surface area contributed by atoms with Crippen molar-refractivity contribution in [3.63, 3.8) is 0 Å². The van der Waals surface area contributed by atoms with Gasteiger partial charge in [-0.2, -0.15) is 4.31 Å². The highest BCUT2D eigenvalue weighted by atomic mass is 32.2. The monoisotopic (exact) mass is 499 g/mol. The van der Waals surface area contributed by atoms with Crippen LogP contribution in [-0.4, -0.2) is 42.4 Å². The summed E-state index contributed by atoms with van der Waals surface area (Å²) in [6, 6.07) is 14.9. The van der Waals surface area contributed by atoms with Gasteiger partial charge in [-0.3, -0.25) is 0 Å². The summed E-state index contributed by atoms with van der Waals surface area (Å²) in [5.41, 5.74) is 1.75. The number of aryl methyl sites for hydroxylation is 2. The molecule has 1 atom stereocenters. The van der Waals surface area contributed by atoms with Gasteiger partial charge in [0, 0.05) is 26.4 Å².